The Morgan fingerprint density at radius 2 is 2.00 bits per heavy atom. The number of aromatic nitrogens is 1. The number of nitrogens with zero attached hydrogens (tertiary/aromatic N) is 1. The van der Waals surface area contributed by atoms with E-state index in [1.165, 1.54) is 19.3 Å². The first kappa shape index (κ1) is 15.0. The molecule has 2 aromatic rings. The fourth-order valence-electron chi connectivity index (χ4n) is 3.56. The largest absolute Gasteiger partial charge is 0.388 e. The molecule has 1 aromatic heterocycles. The van der Waals surface area contributed by atoms with E-state index in [0.29, 0.717) is 5.92 Å². The summed E-state index contributed by atoms with van der Waals surface area (Å²) in [5.74, 6) is 1.23. The Morgan fingerprint density at radius 1 is 1.24 bits per heavy atom. The van der Waals surface area contributed by atoms with Crippen molar-refractivity contribution in [3.8, 4) is 0 Å². The van der Waals surface area contributed by atoms with E-state index in [4.69, 9.17) is 0 Å². The van der Waals surface area contributed by atoms with Gasteiger partial charge >= 0.3 is 0 Å². The minimum Gasteiger partial charge on any atom is -0.388 e. The van der Waals surface area contributed by atoms with Crippen molar-refractivity contribution in [1.29, 1.82) is 0 Å². The average Bonchev–Trinajstić information content (AvgIpc) is 2.55. The molecule has 1 aliphatic rings. The van der Waals surface area contributed by atoms with Gasteiger partial charge in [0.15, 0.2) is 0 Å². The normalized spacial score (nSPS) is 24.1. The molecule has 21 heavy (non-hydrogen) atoms. The highest BCUT2D eigenvalue weighted by Gasteiger charge is 2.28. The zero-order valence-corrected chi connectivity index (χ0v) is 14.0. The SMILES string of the molecule is CCC1CCC(C(O)c2ccc(Br)c3cccnc23)CC1. The summed E-state index contributed by atoms with van der Waals surface area (Å²) in [5, 5.41) is 11.9. The molecule has 1 atom stereocenters. The Labute approximate surface area is 134 Å². The van der Waals surface area contributed by atoms with E-state index in [2.05, 4.69) is 33.9 Å². The van der Waals surface area contributed by atoms with Crippen molar-refractivity contribution >= 4 is 26.8 Å². The van der Waals surface area contributed by atoms with Crippen LogP contribution in [0, 0.1) is 11.8 Å². The Balaban J connectivity index is 1.88. The molecular weight excluding hydrogens is 326 g/mol. The van der Waals surface area contributed by atoms with Crippen LogP contribution >= 0.6 is 15.9 Å². The van der Waals surface area contributed by atoms with Gasteiger partial charge in [-0.15, -0.1) is 0 Å². The predicted molar refractivity (Wildman–Crippen MR) is 90.1 cm³/mol. The molecule has 0 bridgehead atoms. The summed E-state index contributed by atoms with van der Waals surface area (Å²) < 4.78 is 1.04. The molecule has 0 spiro atoms. The molecule has 1 heterocycles. The lowest BCUT2D eigenvalue weighted by Gasteiger charge is -2.31. The van der Waals surface area contributed by atoms with Crippen molar-refractivity contribution in [1.82, 2.24) is 4.98 Å². The van der Waals surface area contributed by atoms with Crippen LogP contribution in [0.3, 0.4) is 0 Å². The summed E-state index contributed by atoms with van der Waals surface area (Å²) in [6, 6.07) is 8.04. The van der Waals surface area contributed by atoms with Crippen molar-refractivity contribution in [3.63, 3.8) is 0 Å². The van der Waals surface area contributed by atoms with Gasteiger partial charge in [-0.05, 0) is 36.8 Å². The Kier molecular flexibility index (Phi) is 4.60. The highest BCUT2D eigenvalue weighted by molar-refractivity contribution is 9.10. The van der Waals surface area contributed by atoms with Gasteiger partial charge in [-0.3, -0.25) is 4.98 Å². The first-order valence-corrected chi connectivity index (χ1v) is 8.71. The van der Waals surface area contributed by atoms with Gasteiger partial charge in [0.25, 0.3) is 0 Å². The number of fused-ring (bicyclic) bond motifs is 1. The smallest absolute Gasteiger partial charge is 0.0839 e. The molecule has 1 saturated carbocycles. The minimum atomic E-state index is -0.395. The van der Waals surface area contributed by atoms with E-state index in [0.717, 1.165) is 39.7 Å². The lowest BCUT2D eigenvalue weighted by molar-refractivity contribution is 0.0739. The van der Waals surface area contributed by atoms with Crippen LogP contribution < -0.4 is 0 Å². The first-order valence-electron chi connectivity index (χ1n) is 7.92. The lowest BCUT2D eigenvalue weighted by atomic mass is 9.77. The van der Waals surface area contributed by atoms with Crippen molar-refractivity contribution < 1.29 is 5.11 Å². The first-order chi connectivity index (χ1) is 10.2. The number of rotatable bonds is 3. The lowest BCUT2D eigenvalue weighted by Crippen LogP contribution is -2.20. The topological polar surface area (TPSA) is 33.1 Å². The molecule has 1 unspecified atom stereocenters. The van der Waals surface area contributed by atoms with Crippen LogP contribution in [0.5, 0.6) is 0 Å². The zero-order valence-electron chi connectivity index (χ0n) is 12.4. The molecule has 0 aliphatic heterocycles. The van der Waals surface area contributed by atoms with Crippen LogP contribution in [0.15, 0.2) is 34.9 Å². The molecule has 2 nitrogen and oxygen atoms in total. The maximum absolute atomic E-state index is 10.8. The quantitative estimate of drug-likeness (QED) is 0.822. The Hall–Kier alpha value is -0.930. The van der Waals surface area contributed by atoms with Crippen molar-refractivity contribution in [3.05, 3.63) is 40.5 Å². The van der Waals surface area contributed by atoms with Gasteiger partial charge in [0.2, 0.25) is 0 Å². The van der Waals surface area contributed by atoms with Crippen molar-refractivity contribution in [2.75, 3.05) is 0 Å². The maximum atomic E-state index is 10.8. The van der Waals surface area contributed by atoms with Crippen LogP contribution in [0.2, 0.25) is 0 Å². The van der Waals surface area contributed by atoms with Gasteiger partial charge in [-0.1, -0.05) is 54.2 Å². The van der Waals surface area contributed by atoms with Gasteiger partial charge < -0.3 is 5.11 Å². The molecule has 0 saturated heterocycles. The summed E-state index contributed by atoms with van der Waals surface area (Å²) >= 11 is 3.57. The Bertz CT molecular complexity index is 620. The van der Waals surface area contributed by atoms with Crippen molar-refractivity contribution in [2.24, 2.45) is 11.8 Å². The number of aliphatic hydroxyl groups excluding tert-OH is 1. The van der Waals surface area contributed by atoms with E-state index in [1.807, 2.05) is 18.2 Å². The van der Waals surface area contributed by atoms with E-state index in [-0.39, 0.29) is 0 Å². The molecule has 0 radical (unpaired) electrons. The monoisotopic (exact) mass is 347 g/mol. The van der Waals surface area contributed by atoms with Crippen LogP contribution in [0.1, 0.15) is 50.7 Å². The highest BCUT2D eigenvalue weighted by Crippen LogP contribution is 2.40. The molecule has 1 N–H and O–H groups in total. The molecule has 1 aromatic carbocycles. The number of halogens is 1. The van der Waals surface area contributed by atoms with E-state index >= 15 is 0 Å². The molecule has 0 amide bonds. The summed E-state index contributed by atoms with van der Waals surface area (Å²) in [7, 11) is 0. The van der Waals surface area contributed by atoms with Gasteiger partial charge in [-0.2, -0.15) is 0 Å². The Morgan fingerprint density at radius 3 is 2.71 bits per heavy atom. The van der Waals surface area contributed by atoms with Crippen LogP contribution in [-0.2, 0) is 0 Å². The van der Waals surface area contributed by atoms with Gasteiger partial charge in [0.05, 0.1) is 11.6 Å². The van der Waals surface area contributed by atoms with Crippen LogP contribution in [0.25, 0.3) is 10.9 Å². The third kappa shape index (κ3) is 3.00. The molecule has 112 valence electrons. The number of hydrogen-bond acceptors (Lipinski definition) is 2. The molecule has 3 heteroatoms. The van der Waals surface area contributed by atoms with Gasteiger partial charge in [0.1, 0.15) is 0 Å². The maximum Gasteiger partial charge on any atom is 0.0839 e. The second-order valence-electron chi connectivity index (χ2n) is 6.17. The number of benzene rings is 1. The molecule has 3 rings (SSSR count). The number of hydrogen-bond donors (Lipinski definition) is 1. The third-order valence-electron chi connectivity index (χ3n) is 4.98. The van der Waals surface area contributed by atoms with Crippen LogP contribution in [0.4, 0.5) is 0 Å². The predicted octanol–water partition coefficient (Wildman–Crippen LogP) is 5.25. The second-order valence-corrected chi connectivity index (χ2v) is 7.02. The number of aliphatic hydroxyl groups is 1. The summed E-state index contributed by atoms with van der Waals surface area (Å²) in [6.07, 6.45) is 7.44. The summed E-state index contributed by atoms with van der Waals surface area (Å²) in [4.78, 5) is 4.50. The third-order valence-corrected chi connectivity index (χ3v) is 5.67. The molecule has 1 fully saturated rings. The standard InChI is InChI=1S/C18H22BrNO/c1-2-12-5-7-13(8-6-12)18(21)15-9-10-16(19)14-4-3-11-20-17(14)15/h3-4,9-13,18,21H,2,5-8H2,1H3. The van der Waals surface area contributed by atoms with E-state index < -0.39 is 6.10 Å². The summed E-state index contributed by atoms with van der Waals surface area (Å²) in [5.41, 5.74) is 1.91. The molecular formula is C18H22BrNO. The second kappa shape index (κ2) is 6.45. The van der Waals surface area contributed by atoms with Gasteiger partial charge in [-0.25, -0.2) is 0 Å². The van der Waals surface area contributed by atoms with E-state index in [1.54, 1.807) is 6.20 Å². The van der Waals surface area contributed by atoms with Crippen LogP contribution in [-0.4, -0.2) is 10.1 Å². The highest BCUT2D eigenvalue weighted by atomic mass is 79.9. The number of pyridine rings is 1. The van der Waals surface area contributed by atoms with E-state index in [9.17, 15) is 5.11 Å². The fourth-order valence-corrected chi connectivity index (χ4v) is 4.02. The molecule has 1 aliphatic carbocycles. The van der Waals surface area contributed by atoms with Gasteiger partial charge in [0, 0.05) is 21.6 Å². The zero-order chi connectivity index (χ0) is 14.8. The average molecular weight is 348 g/mol. The fraction of sp³-hybridized carbons (Fsp3) is 0.500. The minimum absolute atomic E-state index is 0.374. The van der Waals surface area contributed by atoms with Crippen molar-refractivity contribution in [2.45, 2.75) is 45.1 Å². The summed E-state index contributed by atoms with van der Waals surface area (Å²) in [6.45, 7) is 2.27.